The zero-order valence-electron chi connectivity index (χ0n) is 8.72. The van der Waals surface area contributed by atoms with E-state index in [1.807, 2.05) is 0 Å². The van der Waals surface area contributed by atoms with Crippen molar-refractivity contribution in [2.45, 2.75) is 38.7 Å². The maximum atomic E-state index is 13.4. The third kappa shape index (κ3) is 1.96. The Balaban J connectivity index is 2.27. The van der Waals surface area contributed by atoms with E-state index in [1.165, 1.54) is 0 Å². The van der Waals surface area contributed by atoms with Crippen LogP contribution in [0.4, 0.5) is 8.78 Å². The molecular weight excluding hydrogens is 198 g/mol. The predicted molar refractivity (Wildman–Crippen MR) is 54.0 cm³/mol. The molecule has 0 N–H and O–H groups in total. The smallest absolute Gasteiger partial charge is 0.200 e. The molecule has 0 fully saturated rings. The molecule has 0 radical (unpaired) electrons. The van der Waals surface area contributed by atoms with Crippen LogP contribution in [0.1, 0.15) is 31.7 Å². The van der Waals surface area contributed by atoms with E-state index in [9.17, 15) is 8.78 Å². The summed E-state index contributed by atoms with van der Waals surface area (Å²) < 4.78 is 31.8. The van der Waals surface area contributed by atoms with Crippen molar-refractivity contribution in [2.75, 3.05) is 0 Å². The minimum absolute atomic E-state index is 0.0406. The fraction of sp³-hybridized carbons (Fsp3) is 0.500. The van der Waals surface area contributed by atoms with Crippen LogP contribution in [-0.4, -0.2) is 6.10 Å². The number of aryl methyl sites for hydroxylation is 1. The average Bonchev–Trinajstić information content (AvgIpc) is 2.25. The van der Waals surface area contributed by atoms with Crippen molar-refractivity contribution in [3.05, 3.63) is 29.3 Å². The molecule has 0 saturated carbocycles. The van der Waals surface area contributed by atoms with Gasteiger partial charge in [0.25, 0.3) is 0 Å². The van der Waals surface area contributed by atoms with Crippen molar-refractivity contribution in [3.63, 3.8) is 0 Å². The highest BCUT2D eigenvalue weighted by Gasteiger charge is 2.23. The van der Waals surface area contributed by atoms with E-state index in [0.717, 1.165) is 37.3 Å². The Hall–Kier alpha value is -1.12. The van der Waals surface area contributed by atoms with Crippen molar-refractivity contribution in [2.24, 2.45) is 0 Å². The topological polar surface area (TPSA) is 9.23 Å². The third-order valence-corrected chi connectivity index (χ3v) is 2.76. The number of hydrogen-bond acceptors (Lipinski definition) is 1. The van der Waals surface area contributed by atoms with Crippen molar-refractivity contribution in [1.29, 1.82) is 0 Å². The summed E-state index contributed by atoms with van der Waals surface area (Å²) >= 11 is 0. The van der Waals surface area contributed by atoms with E-state index in [-0.39, 0.29) is 11.9 Å². The second kappa shape index (κ2) is 4.17. The molecule has 1 aromatic rings. The molecular formula is C12H14F2O. The summed E-state index contributed by atoms with van der Waals surface area (Å²) in [7, 11) is 0. The highest BCUT2D eigenvalue weighted by Crippen LogP contribution is 2.32. The van der Waals surface area contributed by atoms with E-state index in [1.54, 1.807) is 6.07 Å². The van der Waals surface area contributed by atoms with Gasteiger partial charge in [-0.2, -0.15) is 4.39 Å². The van der Waals surface area contributed by atoms with Crippen LogP contribution in [0.2, 0.25) is 0 Å². The van der Waals surface area contributed by atoms with E-state index in [0.29, 0.717) is 0 Å². The van der Waals surface area contributed by atoms with Gasteiger partial charge in [0.1, 0.15) is 0 Å². The molecule has 1 aliphatic rings. The fourth-order valence-electron chi connectivity index (χ4n) is 1.96. The molecule has 1 unspecified atom stereocenters. The van der Waals surface area contributed by atoms with Gasteiger partial charge < -0.3 is 4.74 Å². The van der Waals surface area contributed by atoms with Gasteiger partial charge in [-0.25, -0.2) is 4.39 Å². The van der Waals surface area contributed by atoms with E-state index in [4.69, 9.17) is 4.74 Å². The lowest BCUT2D eigenvalue weighted by Crippen LogP contribution is -2.23. The number of ether oxygens (including phenoxy) is 1. The first kappa shape index (κ1) is 10.4. The van der Waals surface area contributed by atoms with Gasteiger partial charge in [-0.1, -0.05) is 19.4 Å². The number of hydrogen-bond donors (Lipinski definition) is 0. The molecule has 1 aromatic carbocycles. The molecule has 0 bridgehead atoms. The first-order valence-corrected chi connectivity index (χ1v) is 5.36. The molecule has 0 spiro atoms. The second-order valence-corrected chi connectivity index (χ2v) is 3.92. The maximum Gasteiger partial charge on any atom is 0.200 e. The Kier molecular flexibility index (Phi) is 2.89. The molecule has 2 rings (SSSR count). The summed E-state index contributed by atoms with van der Waals surface area (Å²) in [6.45, 7) is 2.06. The largest absolute Gasteiger partial charge is 0.487 e. The molecule has 82 valence electrons. The molecule has 0 aliphatic carbocycles. The molecule has 0 saturated heterocycles. The van der Waals surface area contributed by atoms with E-state index >= 15 is 0 Å². The summed E-state index contributed by atoms with van der Waals surface area (Å²) in [4.78, 5) is 0. The average molecular weight is 212 g/mol. The Labute approximate surface area is 88.1 Å². The van der Waals surface area contributed by atoms with Gasteiger partial charge in [0.2, 0.25) is 5.82 Å². The van der Waals surface area contributed by atoms with Gasteiger partial charge in [-0.15, -0.1) is 0 Å². The van der Waals surface area contributed by atoms with Crippen molar-refractivity contribution >= 4 is 0 Å². The Morgan fingerprint density at radius 1 is 1.40 bits per heavy atom. The fourth-order valence-corrected chi connectivity index (χ4v) is 1.96. The quantitative estimate of drug-likeness (QED) is 0.729. The lowest BCUT2D eigenvalue weighted by molar-refractivity contribution is 0.153. The molecule has 1 aliphatic heterocycles. The number of benzene rings is 1. The molecule has 1 heterocycles. The monoisotopic (exact) mass is 212 g/mol. The van der Waals surface area contributed by atoms with Crippen LogP contribution < -0.4 is 4.74 Å². The summed E-state index contributed by atoms with van der Waals surface area (Å²) in [5.41, 5.74) is 0.779. The molecule has 1 atom stereocenters. The third-order valence-electron chi connectivity index (χ3n) is 2.76. The Morgan fingerprint density at radius 2 is 2.20 bits per heavy atom. The SMILES string of the molecule is CCCC1CCc2ccc(F)c(F)c2O1. The first-order valence-electron chi connectivity index (χ1n) is 5.36. The number of rotatable bonds is 2. The van der Waals surface area contributed by atoms with Gasteiger partial charge in [0.15, 0.2) is 11.6 Å². The van der Waals surface area contributed by atoms with Crippen LogP contribution in [0.15, 0.2) is 12.1 Å². The van der Waals surface area contributed by atoms with Crippen LogP contribution in [0.25, 0.3) is 0 Å². The predicted octanol–water partition coefficient (Wildman–Crippen LogP) is 3.46. The van der Waals surface area contributed by atoms with Gasteiger partial charge in [-0.05, 0) is 30.9 Å². The van der Waals surface area contributed by atoms with Crippen molar-refractivity contribution in [1.82, 2.24) is 0 Å². The van der Waals surface area contributed by atoms with Crippen LogP contribution in [0.3, 0.4) is 0 Å². The summed E-state index contributed by atoms with van der Waals surface area (Å²) in [6.07, 6.45) is 3.61. The molecule has 3 heteroatoms. The summed E-state index contributed by atoms with van der Waals surface area (Å²) in [6, 6.07) is 2.77. The van der Waals surface area contributed by atoms with E-state index < -0.39 is 11.6 Å². The van der Waals surface area contributed by atoms with Crippen LogP contribution in [0.5, 0.6) is 5.75 Å². The molecule has 0 amide bonds. The summed E-state index contributed by atoms with van der Waals surface area (Å²) in [5.74, 6) is -1.54. The van der Waals surface area contributed by atoms with E-state index in [2.05, 4.69) is 6.92 Å². The van der Waals surface area contributed by atoms with Gasteiger partial charge >= 0.3 is 0 Å². The Morgan fingerprint density at radius 3 is 2.93 bits per heavy atom. The molecule has 15 heavy (non-hydrogen) atoms. The zero-order valence-corrected chi connectivity index (χ0v) is 8.72. The first-order chi connectivity index (χ1) is 7.22. The molecule has 0 aromatic heterocycles. The number of fused-ring (bicyclic) bond motifs is 1. The zero-order chi connectivity index (χ0) is 10.8. The van der Waals surface area contributed by atoms with Gasteiger partial charge in [0, 0.05) is 0 Å². The highest BCUT2D eigenvalue weighted by atomic mass is 19.2. The normalized spacial score (nSPS) is 19.5. The standard InChI is InChI=1S/C12H14F2O/c1-2-3-9-6-4-8-5-7-10(13)11(14)12(8)15-9/h5,7,9H,2-4,6H2,1H3. The minimum atomic E-state index is -0.840. The van der Waals surface area contributed by atoms with Crippen molar-refractivity contribution < 1.29 is 13.5 Å². The summed E-state index contributed by atoms with van der Waals surface area (Å²) in [5, 5.41) is 0. The van der Waals surface area contributed by atoms with Gasteiger partial charge in [0.05, 0.1) is 6.10 Å². The lowest BCUT2D eigenvalue weighted by atomic mass is 9.99. The number of halogens is 2. The van der Waals surface area contributed by atoms with Crippen LogP contribution >= 0.6 is 0 Å². The van der Waals surface area contributed by atoms with Crippen LogP contribution in [0, 0.1) is 11.6 Å². The Bertz CT molecular complexity index is 363. The second-order valence-electron chi connectivity index (χ2n) is 3.92. The van der Waals surface area contributed by atoms with Crippen LogP contribution in [-0.2, 0) is 6.42 Å². The van der Waals surface area contributed by atoms with Crippen molar-refractivity contribution in [3.8, 4) is 5.75 Å². The highest BCUT2D eigenvalue weighted by molar-refractivity contribution is 5.37. The minimum Gasteiger partial charge on any atom is -0.487 e. The van der Waals surface area contributed by atoms with Gasteiger partial charge in [-0.3, -0.25) is 0 Å². The lowest BCUT2D eigenvalue weighted by Gasteiger charge is -2.26. The maximum absolute atomic E-state index is 13.4. The molecule has 1 nitrogen and oxygen atoms in total.